The van der Waals surface area contributed by atoms with Crippen LogP contribution < -0.4 is 14.9 Å². The summed E-state index contributed by atoms with van der Waals surface area (Å²) in [5, 5.41) is 2.40. The number of rotatable bonds is 6. The third-order valence-corrected chi connectivity index (χ3v) is 7.03. The summed E-state index contributed by atoms with van der Waals surface area (Å²) in [5.41, 5.74) is 3.71. The summed E-state index contributed by atoms with van der Waals surface area (Å²) >= 11 is 0. The van der Waals surface area contributed by atoms with Crippen LogP contribution in [-0.2, 0) is 14.8 Å². The summed E-state index contributed by atoms with van der Waals surface area (Å²) in [6, 6.07) is 12.4. The average Bonchev–Trinajstić information content (AvgIpc) is 2.69. The van der Waals surface area contributed by atoms with Gasteiger partial charge in [0, 0.05) is 35.7 Å². The van der Waals surface area contributed by atoms with Crippen LogP contribution in [0, 0.1) is 6.92 Å². The molecular formula is C23H31N3O4S. The summed E-state index contributed by atoms with van der Waals surface area (Å²) in [5.74, 6) is -0.247. The number of amides is 1. The van der Waals surface area contributed by atoms with Gasteiger partial charge in [0.25, 0.3) is 5.91 Å². The van der Waals surface area contributed by atoms with Gasteiger partial charge < -0.3 is 15.0 Å². The van der Waals surface area contributed by atoms with Crippen molar-refractivity contribution >= 4 is 33.0 Å². The Morgan fingerprint density at radius 2 is 1.68 bits per heavy atom. The molecule has 2 unspecified atom stereocenters. The molecular weight excluding hydrogens is 414 g/mol. The molecule has 0 aliphatic carbocycles. The smallest absolute Gasteiger partial charge is 0.255 e. The van der Waals surface area contributed by atoms with E-state index in [0.29, 0.717) is 11.3 Å². The lowest BCUT2D eigenvalue weighted by Gasteiger charge is -2.37. The molecule has 0 bridgehead atoms. The van der Waals surface area contributed by atoms with Gasteiger partial charge in [0.15, 0.2) is 0 Å². The summed E-state index contributed by atoms with van der Waals surface area (Å²) in [4.78, 5) is 15.0. The van der Waals surface area contributed by atoms with Crippen LogP contribution in [0.1, 0.15) is 43.6 Å². The van der Waals surface area contributed by atoms with E-state index in [1.165, 1.54) is 0 Å². The van der Waals surface area contributed by atoms with Gasteiger partial charge in [-0.1, -0.05) is 0 Å². The number of carbonyl (C=O) groups is 1. The van der Waals surface area contributed by atoms with Crippen molar-refractivity contribution < 1.29 is 17.9 Å². The fourth-order valence-electron chi connectivity index (χ4n) is 3.54. The maximum absolute atomic E-state index is 12.7. The largest absolute Gasteiger partial charge is 0.372 e. The molecule has 2 aromatic carbocycles. The summed E-state index contributed by atoms with van der Waals surface area (Å²) in [6.45, 7) is 11.0. The van der Waals surface area contributed by atoms with Gasteiger partial charge in [0.1, 0.15) is 0 Å². The first kappa shape index (κ1) is 23.1. The molecule has 2 aromatic rings. The lowest BCUT2D eigenvalue weighted by Crippen LogP contribution is -2.45. The lowest BCUT2D eigenvalue weighted by molar-refractivity contribution is -0.00522. The van der Waals surface area contributed by atoms with Crippen LogP contribution in [0.4, 0.5) is 17.1 Å². The Morgan fingerprint density at radius 3 is 2.23 bits per heavy atom. The molecule has 0 aromatic heterocycles. The second-order valence-electron chi connectivity index (χ2n) is 8.39. The van der Waals surface area contributed by atoms with Crippen LogP contribution in [0.2, 0.25) is 0 Å². The first-order valence-corrected chi connectivity index (χ1v) is 12.0. The Balaban J connectivity index is 1.68. The Kier molecular flexibility index (Phi) is 6.91. The Labute approximate surface area is 184 Å². The van der Waals surface area contributed by atoms with Crippen molar-refractivity contribution in [2.24, 2.45) is 0 Å². The lowest BCUT2D eigenvalue weighted by atomic mass is 10.1. The van der Waals surface area contributed by atoms with Gasteiger partial charge in [-0.15, -0.1) is 0 Å². The van der Waals surface area contributed by atoms with Crippen molar-refractivity contribution in [3.63, 3.8) is 0 Å². The van der Waals surface area contributed by atoms with Gasteiger partial charge in [0.2, 0.25) is 10.0 Å². The van der Waals surface area contributed by atoms with Crippen molar-refractivity contribution in [2.75, 3.05) is 28.0 Å². The number of hydrogen-bond acceptors (Lipinski definition) is 5. The van der Waals surface area contributed by atoms with Crippen molar-refractivity contribution in [2.45, 2.75) is 52.1 Å². The molecule has 2 atom stereocenters. The highest BCUT2D eigenvalue weighted by atomic mass is 32.2. The van der Waals surface area contributed by atoms with E-state index in [-0.39, 0.29) is 18.1 Å². The zero-order chi connectivity index (χ0) is 22.8. The number of carbonyl (C=O) groups excluding carboxylic acids is 1. The summed E-state index contributed by atoms with van der Waals surface area (Å²) in [7, 11) is -3.42. The highest BCUT2D eigenvalue weighted by molar-refractivity contribution is 7.93. The van der Waals surface area contributed by atoms with E-state index in [0.717, 1.165) is 30.0 Å². The molecule has 8 heteroatoms. The van der Waals surface area contributed by atoms with E-state index in [1.807, 2.05) is 19.1 Å². The second-order valence-corrected chi connectivity index (χ2v) is 10.6. The van der Waals surface area contributed by atoms with Crippen LogP contribution >= 0.6 is 0 Å². The van der Waals surface area contributed by atoms with E-state index in [1.54, 1.807) is 38.1 Å². The highest BCUT2D eigenvalue weighted by Gasteiger charge is 2.23. The molecule has 1 aliphatic heterocycles. The fourth-order valence-corrected chi connectivity index (χ4v) is 4.24. The van der Waals surface area contributed by atoms with Crippen molar-refractivity contribution in [1.29, 1.82) is 0 Å². The number of hydrogen-bond donors (Lipinski definition) is 2. The van der Waals surface area contributed by atoms with Crippen molar-refractivity contribution in [3.05, 3.63) is 53.6 Å². The third kappa shape index (κ3) is 5.77. The number of morpholine rings is 1. The number of benzene rings is 2. The maximum atomic E-state index is 12.7. The third-order valence-electron chi connectivity index (χ3n) is 5.27. The highest BCUT2D eigenvalue weighted by Crippen LogP contribution is 2.26. The van der Waals surface area contributed by atoms with Crippen molar-refractivity contribution in [1.82, 2.24) is 0 Å². The van der Waals surface area contributed by atoms with Gasteiger partial charge in [0.05, 0.1) is 17.5 Å². The Morgan fingerprint density at radius 1 is 1.06 bits per heavy atom. The topological polar surface area (TPSA) is 87.7 Å². The molecule has 0 saturated carbocycles. The molecule has 1 aliphatic rings. The molecule has 1 fully saturated rings. The monoisotopic (exact) mass is 445 g/mol. The zero-order valence-corrected chi connectivity index (χ0v) is 19.5. The SMILES string of the molecule is Cc1cc(N2CC(C)OC(C)C2)ccc1NC(=O)c1ccc(NS(=O)(=O)C(C)C)cc1. The number of aryl methyl sites for hydroxylation is 1. The number of anilines is 3. The average molecular weight is 446 g/mol. The first-order valence-electron chi connectivity index (χ1n) is 10.5. The molecule has 0 radical (unpaired) electrons. The van der Waals surface area contributed by atoms with Gasteiger partial charge in [-0.3, -0.25) is 9.52 Å². The molecule has 1 heterocycles. The quantitative estimate of drug-likeness (QED) is 0.701. The van der Waals surface area contributed by atoms with E-state index >= 15 is 0 Å². The number of nitrogens with zero attached hydrogens (tertiary/aromatic N) is 1. The van der Waals surface area contributed by atoms with Crippen LogP contribution in [0.3, 0.4) is 0 Å². The normalized spacial score (nSPS) is 19.4. The van der Waals surface area contributed by atoms with Crippen molar-refractivity contribution in [3.8, 4) is 0 Å². The molecule has 1 saturated heterocycles. The molecule has 168 valence electrons. The standard InChI is InChI=1S/C23H31N3O4S/c1-15(2)31(28,29)25-20-8-6-19(7-9-20)23(27)24-22-11-10-21(12-16(22)3)26-13-17(4)30-18(5)14-26/h6-12,15,17-18,25H,13-14H2,1-5H3,(H,24,27). The van der Waals surface area contributed by atoms with E-state index < -0.39 is 15.3 Å². The molecule has 3 rings (SSSR count). The fraction of sp³-hybridized carbons (Fsp3) is 0.435. The van der Waals surface area contributed by atoms with E-state index in [4.69, 9.17) is 4.74 Å². The van der Waals surface area contributed by atoms with Gasteiger partial charge in [-0.05, 0) is 82.6 Å². The van der Waals surface area contributed by atoms with E-state index in [2.05, 4.69) is 34.9 Å². The number of nitrogens with one attached hydrogen (secondary N) is 2. The number of sulfonamides is 1. The van der Waals surface area contributed by atoms with Crippen LogP contribution in [-0.4, -0.2) is 44.9 Å². The minimum atomic E-state index is -3.42. The molecule has 0 spiro atoms. The molecule has 7 nitrogen and oxygen atoms in total. The predicted molar refractivity (Wildman–Crippen MR) is 125 cm³/mol. The van der Waals surface area contributed by atoms with Gasteiger partial charge >= 0.3 is 0 Å². The second kappa shape index (κ2) is 9.28. The zero-order valence-electron chi connectivity index (χ0n) is 18.7. The molecule has 2 N–H and O–H groups in total. The summed E-state index contributed by atoms with van der Waals surface area (Å²) in [6.07, 6.45) is 0.354. The van der Waals surface area contributed by atoms with Gasteiger partial charge in [-0.2, -0.15) is 0 Å². The molecule has 31 heavy (non-hydrogen) atoms. The van der Waals surface area contributed by atoms with Crippen LogP contribution in [0.15, 0.2) is 42.5 Å². The molecule has 1 amide bonds. The minimum Gasteiger partial charge on any atom is -0.372 e. The van der Waals surface area contributed by atoms with Crippen LogP contribution in [0.5, 0.6) is 0 Å². The van der Waals surface area contributed by atoms with E-state index in [9.17, 15) is 13.2 Å². The van der Waals surface area contributed by atoms with Crippen LogP contribution in [0.25, 0.3) is 0 Å². The Bertz CT molecular complexity index is 1030. The minimum absolute atomic E-state index is 0.177. The maximum Gasteiger partial charge on any atom is 0.255 e. The number of ether oxygens (including phenoxy) is 1. The summed E-state index contributed by atoms with van der Waals surface area (Å²) < 4.78 is 32.3. The van der Waals surface area contributed by atoms with Gasteiger partial charge in [-0.25, -0.2) is 8.42 Å². The Hall–Kier alpha value is -2.58. The predicted octanol–water partition coefficient (Wildman–Crippen LogP) is 4.01. The first-order chi connectivity index (χ1) is 14.5.